The maximum absolute atomic E-state index is 12.0. The zero-order valence-corrected chi connectivity index (χ0v) is 11.2. The summed E-state index contributed by atoms with van der Waals surface area (Å²) in [5, 5.41) is 3.48. The zero-order chi connectivity index (χ0) is 14.8. The van der Waals surface area contributed by atoms with Gasteiger partial charge in [0.2, 0.25) is 5.91 Å². The number of nitrogens with zero attached hydrogens (tertiary/aromatic N) is 2. The molecule has 2 amide bonds. The van der Waals surface area contributed by atoms with Crippen LogP contribution in [0, 0.1) is 0 Å². The average molecular weight is 282 g/mol. The molecule has 0 bridgehead atoms. The van der Waals surface area contributed by atoms with E-state index in [-0.39, 0.29) is 12.5 Å². The lowest BCUT2D eigenvalue weighted by molar-refractivity contribution is -0.122. The Kier molecular flexibility index (Phi) is 3.27. The van der Waals surface area contributed by atoms with Gasteiger partial charge in [-0.2, -0.15) is 0 Å². The van der Waals surface area contributed by atoms with Crippen LogP contribution in [0.3, 0.4) is 0 Å². The number of nitrogens with one attached hydrogen (secondary N) is 1. The summed E-state index contributed by atoms with van der Waals surface area (Å²) >= 11 is 0. The molecular weight excluding hydrogens is 268 g/mol. The van der Waals surface area contributed by atoms with Crippen molar-refractivity contribution < 1.29 is 9.59 Å². The van der Waals surface area contributed by atoms with Crippen LogP contribution in [0.2, 0.25) is 0 Å². The van der Waals surface area contributed by atoms with E-state index in [0.29, 0.717) is 12.1 Å². The van der Waals surface area contributed by atoms with Gasteiger partial charge in [-0.25, -0.2) is 4.99 Å². The highest BCUT2D eigenvalue weighted by Crippen LogP contribution is 2.05. The van der Waals surface area contributed by atoms with E-state index in [9.17, 15) is 9.59 Å². The van der Waals surface area contributed by atoms with Crippen LogP contribution >= 0.6 is 0 Å². The molecule has 21 heavy (non-hydrogen) atoms. The standard InChI is InChI=1S/C15H14N4O2/c16-13(20)8-18-15(21)11-7-17-14-6-10-4-2-1-3-5-12(10)19(14)9-11/h1-7H,8-9H2,(H2,16,20)(H,18,21). The number of rotatable bonds is 3. The number of aromatic nitrogens is 1. The average Bonchev–Trinajstić information content (AvgIpc) is 2.65. The molecule has 0 fully saturated rings. The van der Waals surface area contributed by atoms with Gasteiger partial charge in [0.15, 0.2) is 0 Å². The molecule has 1 aromatic heterocycles. The maximum atomic E-state index is 12.0. The van der Waals surface area contributed by atoms with Crippen LogP contribution in [0.15, 0.2) is 41.1 Å². The lowest BCUT2D eigenvalue weighted by Gasteiger charge is -2.12. The van der Waals surface area contributed by atoms with Crippen molar-refractivity contribution in [1.29, 1.82) is 0 Å². The highest BCUT2D eigenvalue weighted by Gasteiger charge is 2.16. The summed E-state index contributed by atoms with van der Waals surface area (Å²) in [6.45, 7) is 0.237. The molecule has 3 N–H and O–H groups in total. The predicted molar refractivity (Wildman–Crippen MR) is 78.1 cm³/mol. The van der Waals surface area contributed by atoms with Gasteiger partial charge in [0.25, 0.3) is 5.91 Å². The zero-order valence-electron chi connectivity index (χ0n) is 11.2. The second-order valence-electron chi connectivity index (χ2n) is 4.77. The Morgan fingerprint density at radius 2 is 2.19 bits per heavy atom. The Morgan fingerprint density at radius 3 is 3.00 bits per heavy atom. The number of allylic oxidation sites excluding steroid dienone is 3. The molecule has 2 aliphatic rings. The van der Waals surface area contributed by atoms with Gasteiger partial charge in [0.05, 0.1) is 24.0 Å². The van der Waals surface area contributed by atoms with Gasteiger partial charge < -0.3 is 15.6 Å². The third-order valence-electron chi connectivity index (χ3n) is 3.30. The number of hydrogen-bond donors (Lipinski definition) is 2. The molecule has 1 aromatic rings. The summed E-state index contributed by atoms with van der Waals surface area (Å²) < 4.78 is 1.97. The monoisotopic (exact) mass is 282 g/mol. The molecule has 3 rings (SSSR count). The molecule has 1 aliphatic heterocycles. The molecule has 0 radical (unpaired) electrons. The van der Waals surface area contributed by atoms with E-state index in [1.165, 1.54) is 6.20 Å². The number of carbonyl (C=O) groups is 2. The minimum absolute atomic E-state index is 0.176. The van der Waals surface area contributed by atoms with Gasteiger partial charge in [-0.1, -0.05) is 24.3 Å². The van der Waals surface area contributed by atoms with Crippen molar-refractivity contribution in [1.82, 2.24) is 9.88 Å². The SMILES string of the molecule is NC(=O)CNC(=O)C1=CN=c2cc3c(n2C1)=CC=CC=C3. The van der Waals surface area contributed by atoms with Gasteiger partial charge in [0.1, 0.15) is 5.49 Å². The van der Waals surface area contributed by atoms with Gasteiger partial charge in [-0.3, -0.25) is 9.59 Å². The van der Waals surface area contributed by atoms with Crippen LogP contribution in [0.4, 0.5) is 0 Å². The first-order chi connectivity index (χ1) is 10.1. The minimum atomic E-state index is -0.573. The number of carbonyl (C=O) groups excluding carboxylic acids is 2. The minimum Gasteiger partial charge on any atom is -0.368 e. The highest BCUT2D eigenvalue weighted by molar-refractivity contribution is 5.95. The molecule has 0 saturated carbocycles. The maximum Gasteiger partial charge on any atom is 0.251 e. The molecule has 0 aromatic carbocycles. The fourth-order valence-corrected chi connectivity index (χ4v) is 2.30. The summed E-state index contributed by atoms with van der Waals surface area (Å²) in [5.41, 5.74) is 7.38. The first-order valence-electron chi connectivity index (χ1n) is 6.53. The van der Waals surface area contributed by atoms with E-state index < -0.39 is 5.91 Å². The van der Waals surface area contributed by atoms with Crippen LogP contribution < -0.4 is 21.9 Å². The number of hydrogen-bond acceptors (Lipinski definition) is 3. The van der Waals surface area contributed by atoms with Crippen molar-refractivity contribution in [2.45, 2.75) is 6.54 Å². The largest absolute Gasteiger partial charge is 0.368 e. The van der Waals surface area contributed by atoms with Crippen LogP contribution in [-0.4, -0.2) is 22.9 Å². The van der Waals surface area contributed by atoms with E-state index in [1.54, 1.807) is 0 Å². The third-order valence-corrected chi connectivity index (χ3v) is 3.30. The Bertz CT molecular complexity index is 825. The molecule has 0 atom stereocenters. The van der Waals surface area contributed by atoms with Gasteiger partial charge in [0, 0.05) is 11.8 Å². The third kappa shape index (κ3) is 2.55. The lowest BCUT2D eigenvalue weighted by Crippen LogP contribution is -2.38. The van der Waals surface area contributed by atoms with Gasteiger partial charge in [-0.05, 0) is 12.1 Å². The number of amides is 2. The van der Waals surface area contributed by atoms with Crippen molar-refractivity contribution in [2.75, 3.05) is 6.54 Å². The summed E-state index contributed by atoms with van der Waals surface area (Å²) in [4.78, 5) is 27.0. The van der Waals surface area contributed by atoms with Gasteiger partial charge >= 0.3 is 0 Å². The first-order valence-corrected chi connectivity index (χ1v) is 6.53. The van der Waals surface area contributed by atoms with Crippen molar-refractivity contribution in [3.8, 4) is 0 Å². The molecule has 1 aliphatic carbocycles. The Balaban J connectivity index is 1.90. The predicted octanol–water partition coefficient (Wildman–Crippen LogP) is -1.03. The first kappa shape index (κ1) is 13.1. The van der Waals surface area contributed by atoms with E-state index in [2.05, 4.69) is 10.3 Å². The van der Waals surface area contributed by atoms with Crippen LogP contribution in [0.1, 0.15) is 5.56 Å². The Hall–Kier alpha value is -2.89. The van der Waals surface area contributed by atoms with Crippen LogP contribution in [0.25, 0.3) is 12.2 Å². The normalized spacial score (nSPS) is 15.0. The van der Waals surface area contributed by atoms with E-state index in [4.69, 9.17) is 5.73 Å². The molecule has 6 heteroatoms. The molecule has 0 spiro atoms. The molecule has 0 saturated heterocycles. The quantitative estimate of drug-likeness (QED) is 0.742. The Morgan fingerprint density at radius 1 is 1.33 bits per heavy atom. The number of nitrogens with two attached hydrogens (primary N) is 1. The summed E-state index contributed by atoms with van der Waals surface area (Å²) in [5.74, 6) is -0.902. The van der Waals surface area contributed by atoms with Crippen molar-refractivity contribution in [3.63, 3.8) is 0 Å². The molecule has 6 nitrogen and oxygen atoms in total. The van der Waals surface area contributed by atoms with Gasteiger partial charge in [-0.15, -0.1) is 0 Å². The van der Waals surface area contributed by atoms with E-state index in [1.807, 2.05) is 41.0 Å². The second kappa shape index (κ2) is 5.24. The molecule has 2 heterocycles. The summed E-state index contributed by atoms with van der Waals surface area (Å²) in [6.07, 6.45) is 11.4. The van der Waals surface area contributed by atoms with E-state index >= 15 is 0 Å². The number of fused-ring (bicyclic) bond motifs is 3. The van der Waals surface area contributed by atoms with Crippen molar-refractivity contribution >= 4 is 24.0 Å². The lowest BCUT2D eigenvalue weighted by atomic mass is 10.2. The fourth-order valence-electron chi connectivity index (χ4n) is 2.30. The number of primary amides is 1. The summed E-state index contributed by atoms with van der Waals surface area (Å²) in [6, 6.07) is 1.98. The van der Waals surface area contributed by atoms with Crippen molar-refractivity contribution in [2.24, 2.45) is 10.7 Å². The Labute approximate surface area is 120 Å². The van der Waals surface area contributed by atoms with Crippen molar-refractivity contribution in [3.05, 3.63) is 52.5 Å². The van der Waals surface area contributed by atoms with Crippen LogP contribution in [0.5, 0.6) is 0 Å². The molecule has 106 valence electrons. The molecular formula is C15H14N4O2. The topological polar surface area (TPSA) is 89.5 Å². The fraction of sp³-hybridized carbons (Fsp3) is 0.133. The van der Waals surface area contributed by atoms with E-state index in [0.717, 1.165) is 16.4 Å². The highest BCUT2D eigenvalue weighted by atomic mass is 16.2. The second-order valence-corrected chi connectivity index (χ2v) is 4.77. The van der Waals surface area contributed by atoms with Crippen LogP contribution in [-0.2, 0) is 16.1 Å². The molecule has 0 unspecified atom stereocenters. The smallest absolute Gasteiger partial charge is 0.251 e. The summed E-state index contributed by atoms with van der Waals surface area (Å²) in [7, 11) is 0.